The third-order valence-electron chi connectivity index (χ3n) is 9.95. The summed E-state index contributed by atoms with van der Waals surface area (Å²) in [5.74, 6) is -2.57. The van der Waals surface area contributed by atoms with E-state index in [1.54, 1.807) is 6.92 Å². The molecule has 1 aromatic carbocycles. The third-order valence-corrected chi connectivity index (χ3v) is 9.95. The van der Waals surface area contributed by atoms with E-state index in [1.807, 2.05) is 18.2 Å². The molecule has 5 aliphatic rings. The molecule has 2 saturated heterocycles. The van der Waals surface area contributed by atoms with Crippen molar-refractivity contribution in [2.24, 2.45) is 17.3 Å². The Bertz CT molecular complexity index is 1020. The molecule has 0 aromatic heterocycles. The summed E-state index contributed by atoms with van der Waals surface area (Å²) >= 11 is 0. The summed E-state index contributed by atoms with van der Waals surface area (Å²) in [6.45, 7) is 3.02. The highest BCUT2D eigenvalue weighted by atomic mass is 19.3. The molecule has 4 unspecified atom stereocenters. The van der Waals surface area contributed by atoms with Crippen molar-refractivity contribution >= 4 is 0 Å². The molecule has 0 N–H and O–H groups in total. The van der Waals surface area contributed by atoms with Crippen molar-refractivity contribution in [3.8, 4) is 11.8 Å². The van der Waals surface area contributed by atoms with E-state index in [2.05, 4.69) is 6.07 Å². The van der Waals surface area contributed by atoms with Crippen LogP contribution in [0.15, 0.2) is 18.2 Å². The van der Waals surface area contributed by atoms with Gasteiger partial charge in [-0.15, -0.1) is 0 Å². The van der Waals surface area contributed by atoms with Crippen LogP contribution in [0.25, 0.3) is 0 Å². The van der Waals surface area contributed by atoms with Gasteiger partial charge in [0, 0.05) is 18.4 Å². The van der Waals surface area contributed by atoms with Gasteiger partial charge in [-0.25, -0.2) is 8.78 Å². The van der Waals surface area contributed by atoms with Gasteiger partial charge in [-0.3, -0.25) is 0 Å². The molecule has 1 aromatic rings. The SMILES string of the molecule is C[C@]12CCC3(C#N)c4ccc(OC5CCCCO5)cc4CC[C@H]3[C@@H]1CC(OC1CCCCO1)C2(F)F. The lowest BCUT2D eigenvalue weighted by molar-refractivity contribution is -0.250. The first-order valence-electron chi connectivity index (χ1n) is 13.9. The Labute approximate surface area is 212 Å². The molecule has 2 saturated carbocycles. The predicted octanol–water partition coefficient (Wildman–Crippen LogP) is 6.28. The van der Waals surface area contributed by atoms with Crippen LogP contribution in [0.3, 0.4) is 0 Å². The number of fused-ring (bicyclic) bond motifs is 5. The lowest BCUT2D eigenvalue weighted by Gasteiger charge is -2.54. The molecule has 3 aliphatic carbocycles. The molecule has 4 fully saturated rings. The molecular weight excluding hydrogens is 464 g/mol. The molecule has 0 bridgehead atoms. The molecule has 36 heavy (non-hydrogen) atoms. The topological polar surface area (TPSA) is 60.7 Å². The van der Waals surface area contributed by atoms with E-state index in [-0.39, 0.29) is 24.5 Å². The minimum atomic E-state index is -2.95. The van der Waals surface area contributed by atoms with Gasteiger partial charge in [0.25, 0.3) is 5.92 Å². The molecule has 0 spiro atoms. The fourth-order valence-corrected chi connectivity index (χ4v) is 7.88. The minimum Gasteiger partial charge on any atom is -0.465 e. The Morgan fingerprint density at radius 2 is 1.72 bits per heavy atom. The van der Waals surface area contributed by atoms with Crippen LogP contribution >= 0.6 is 0 Å². The Morgan fingerprint density at radius 3 is 2.42 bits per heavy atom. The lowest BCUT2D eigenvalue weighted by atomic mass is 9.49. The number of nitriles is 1. The summed E-state index contributed by atoms with van der Waals surface area (Å²) in [6, 6.07) is 8.65. The maximum Gasteiger partial charge on any atom is 0.279 e. The first-order valence-corrected chi connectivity index (χ1v) is 13.9. The molecular formula is C29H37F2NO4. The average Bonchev–Trinajstić information content (AvgIpc) is 3.09. The van der Waals surface area contributed by atoms with Gasteiger partial charge in [0.2, 0.25) is 0 Å². The molecule has 7 heteroatoms. The van der Waals surface area contributed by atoms with Crippen LogP contribution in [-0.4, -0.2) is 37.8 Å². The zero-order valence-corrected chi connectivity index (χ0v) is 21.1. The van der Waals surface area contributed by atoms with Crippen LogP contribution in [-0.2, 0) is 26.0 Å². The largest absolute Gasteiger partial charge is 0.465 e. The van der Waals surface area contributed by atoms with E-state index in [9.17, 15) is 5.26 Å². The third kappa shape index (κ3) is 3.78. The second-order valence-electron chi connectivity index (χ2n) is 11.8. The van der Waals surface area contributed by atoms with Crippen molar-refractivity contribution in [2.45, 2.75) is 108 Å². The van der Waals surface area contributed by atoms with Crippen molar-refractivity contribution in [3.63, 3.8) is 0 Å². The zero-order valence-electron chi connectivity index (χ0n) is 21.1. The Morgan fingerprint density at radius 1 is 0.972 bits per heavy atom. The van der Waals surface area contributed by atoms with E-state index in [4.69, 9.17) is 18.9 Å². The summed E-state index contributed by atoms with van der Waals surface area (Å²) in [7, 11) is 0. The molecule has 2 heterocycles. The number of aryl methyl sites for hydroxylation is 1. The van der Waals surface area contributed by atoms with Crippen molar-refractivity contribution < 1.29 is 27.7 Å². The fourth-order valence-electron chi connectivity index (χ4n) is 7.88. The van der Waals surface area contributed by atoms with Crippen LogP contribution in [0.1, 0.15) is 82.3 Å². The van der Waals surface area contributed by atoms with Gasteiger partial charge in [0.15, 0.2) is 12.6 Å². The highest BCUT2D eigenvalue weighted by Crippen LogP contribution is 2.68. The number of alkyl halides is 2. The second-order valence-corrected chi connectivity index (χ2v) is 11.8. The van der Waals surface area contributed by atoms with Crippen molar-refractivity contribution in [1.82, 2.24) is 0 Å². The number of ether oxygens (including phenoxy) is 4. The van der Waals surface area contributed by atoms with E-state index in [1.165, 1.54) is 0 Å². The highest BCUT2D eigenvalue weighted by Gasteiger charge is 2.71. The summed E-state index contributed by atoms with van der Waals surface area (Å²) in [4.78, 5) is 0. The zero-order chi connectivity index (χ0) is 25.0. The number of halogens is 2. The summed E-state index contributed by atoms with van der Waals surface area (Å²) in [5, 5.41) is 10.6. The second kappa shape index (κ2) is 9.22. The average molecular weight is 502 g/mol. The molecule has 196 valence electrons. The van der Waals surface area contributed by atoms with Crippen LogP contribution in [0.4, 0.5) is 8.78 Å². The number of benzene rings is 1. The maximum absolute atomic E-state index is 16.0. The van der Waals surface area contributed by atoms with E-state index >= 15 is 8.78 Å². The normalized spacial score (nSPS) is 41.4. The van der Waals surface area contributed by atoms with Gasteiger partial charge in [0.05, 0.1) is 18.1 Å². The number of hydrogen-bond acceptors (Lipinski definition) is 5. The quantitative estimate of drug-likeness (QED) is 0.486. The molecule has 2 aliphatic heterocycles. The molecule has 5 nitrogen and oxygen atoms in total. The minimum absolute atomic E-state index is 0.117. The van der Waals surface area contributed by atoms with Gasteiger partial charge < -0.3 is 18.9 Å². The Kier molecular flexibility index (Phi) is 6.29. The van der Waals surface area contributed by atoms with Gasteiger partial charge in [-0.1, -0.05) is 13.0 Å². The van der Waals surface area contributed by atoms with Crippen molar-refractivity contribution in [1.29, 1.82) is 5.26 Å². The molecule has 0 amide bonds. The van der Waals surface area contributed by atoms with Crippen LogP contribution in [0.5, 0.6) is 5.75 Å². The molecule has 7 atom stereocenters. The van der Waals surface area contributed by atoms with E-state index in [0.717, 1.165) is 68.4 Å². The van der Waals surface area contributed by atoms with Gasteiger partial charge >= 0.3 is 0 Å². The maximum atomic E-state index is 16.0. The Hall–Kier alpha value is -1.75. The molecule has 6 rings (SSSR count). The lowest BCUT2D eigenvalue weighted by Crippen LogP contribution is -2.54. The smallest absolute Gasteiger partial charge is 0.279 e. The number of hydrogen-bond donors (Lipinski definition) is 0. The van der Waals surface area contributed by atoms with E-state index < -0.39 is 29.1 Å². The van der Waals surface area contributed by atoms with E-state index in [0.29, 0.717) is 25.9 Å². The molecule has 0 radical (unpaired) electrons. The fraction of sp³-hybridized carbons (Fsp3) is 0.759. The summed E-state index contributed by atoms with van der Waals surface area (Å²) in [6.07, 6.45) is 6.22. The first kappa shape index (κ1) is 24.6. The predicted molar refractivity (Wildman–Crippen MR) is 129 cm³/mol. The van der Waals surface area contributed by atoms with Gasteiger partial charge in [-0.2, -0.15) is 5.26 Å². The monoisotopic (exact) mass is 501 g/mol. The Balaban J connectivity index is 1.26. The number of nitrogens with zero attached hydrogens (tertiary/aromatic N) is 1. The van der Waals surface area contributed by atoms with Crippen molar-refractivity contribution in [2.75, 3.05) is 13.2 Å². The first-order chi connectivity index (χ1) is 17.4. The van der Waals surface area contributed by atoms with Gasteiger partial charge in [0.1, 0.15) is 11.9 Å². The number of rotatable bonds is 4. The standard InChI is InChI=1S/C29H37F2NO4/c1-27-12-13-28(18-32)21-11-9-20(35-25-6-2-4-14-33-25)16-19(21)8-10-22(28)23(27)17-24(29(27,30)31)36-26-7-3-5-15-34-26/h9,11,16,22-26H,2-8,10,12-15,17H2,1H3/t22-,23-,24?,25?,26?,27-,28?/m0/s1. The van der Waals surface area contributed by atoms with Crippen LogP contribution in [0, 0.1) is 28.6 Å². The van der Waals surface area contributed by atoms with Crippen LogP contribution in [0.2, 0.25) is 0 Å². The highest BCUT2D eigenvalue weighted by molar-refractivity contribution is 5.48. The summed E-state index contributed by atoms with van der Waals surface area (Å²) < 4.78 is 55.3. The summed E-state index contributed by atoms with van der Waals surface area (Å²) in [5.41, 5.74) is 0.196. The van der Waals surface area contributed by atoms with Crippen molar-refractivity contribution in [3.05, 3.63) is 29.3 Å². The van der Waals surface area contributed by atoms with Gasteiger partial charge in [-0.05, 0) is 99.3 Å². The van der Waals surface area contributed by atoms with Crippen LogP contribution < -0.4 is 4.74 Å².